The Morgan fingerprint density at radius 3 is 2.75 bits per heavy atom. The summed E-state index contributed by atoms with van der Waals surface area (Å²) in [5, 5.41) is 3.07. The van der Waals surface area contributed by atoms with Crippen molar-refractivity contribution >= 4 is 38.7 Å². The molecule has 152 valence electrons. The molecule has 2 aromatic rings. The third-order valence-electron chi connectivity index (χ3n) is 4.71. The van der Waals surface area contributed by atoms with E-state index < -0.39 is 9.84 Å². The molecule has 28 heavy (non-hydrogen) atoms. The summed E-state index contributed by atoms with van der Waals surface area (Å²) < 4.78 is 23.9. The molecule has 1 aliphatic heterocycles. The Hall–Kier alpha value is -1.48. The quantitative estimate of drug-likeness (QED) is 0.660. The van der Waals surface area contributed by atoms with E-state index in [4.69, 9.17) is 11.6 Å². The fourth-order valence-electron chi connectivity index (χ4n) is 3.30. The highest BCUT2D eigenvalue weighted by molar-refractivity contribution is 7.91. The van der Waals surface area contributed by atoms with E-state index in [2.05, 4.69) is 4.98 Å². The molecule has 1 fully saturated rings. The van der Waals surface area contributed by atoms with Gasteiger partial charge in [-0.15, -0.1) is 11.3 Å². The standard InChI is InChI=1S/C19H24ClN3O3S2/c1-22(2)8-4-9-23(16-7-10-28(25,26)13-16)19(24)17-12-27-18(21-17)14-5-3-6-15(20)11-14/h3,5-6,11-12,16H,4,7-10,13H2,1-2H3. The first kappa shape index (κ1) is 21.2. The number of aromatic nitrogens is 1. The molecule has 6 nitrogen and oxygen atoms in total. The molecule has 1 atom stereocenters. The van der Waals surface area contributed by atoms with Gasteiger partial charge in [0.1, 0.15) is 10.7 Å². The van der Waals surface area contributed by atoms with Crippen LogP contribution < -0.4 is 0 Å². The second-order valence-corrected chi connectivity index (χ2v) is 10.8. The lowest BCUT2D eigenvalue weighted by atomic mass is 10.2. The molecular weight excluding hydrogens is 418 g/mol. The number of hydrogen-bond donors (Lipinski definition) is 0. The molecule has 1 aromatic heterocycles. The molecule has 9 heteroatoms. The average molecular weight is 442 g/mol. The SMILES string of the molecule is CN(C)CCCN(C(=O)c1csc(-c2cccc(Cl)c2)n1)C1CCS(=O)(=O)C1. The Kier molecular flexibility index (Phi) is 6.75. The number of carbonyl (C=O) groups excluding carboxylic acids is 1. The number of nitrogens with zero attached hydrogens (tertiary/aromatic N) is 3. The van der Waals surface area contributed by atoms with Crippen molar-refractivity contribution in [3.05, 3.63) is 40.4 Å². The highest BCUT2D eigenvalue weighted by Gasteiger charge is 2.35. The van der Waals surface area contributed by atoms with Crippen molar-refractivity contribution in [2.24, 2.45) is 0 Å². The van der Waals surface area contributed by atoms with Gasteiger partial charge in [-0.1, -0.05) is 23.7 Å². The first-order valence-corrected chi connectivity index (χ1v) is 12.2. The zero-order chi connectivity index (χ0) is 20.3. The van der Waals surface area contributed by atoms with Gasteiger partial charge in [-0.3, -0.25) is 4.79 Å². The Labute approximate surface area is 175 Å². The zero-order valence-electron chi connectivity index (χ0n) is 16.0. The summed E-state index contributed by atoms with van der Waals surface area (Å²) in [7, 11) is 0.875. The van der Waals surface area contributed by atoms with Crippen LogP contribution in [0.1, 0.15) is 23.3 Å². The molecule has 0 radical (unpaired) electrons. The van der Waals surface area contributed by atoms with E-state index in [0.717, 1.165) is 23.5 Å². The first-order valence-electron chi connectivity index (χ1n) is 9.13. The van der Waals surface area contributed by atoms with E-state index in [9.17, 15) is 13.2 Å². The normalized spacial score (nSPS) is 18.5. The van der Waals surface area contributed by atoms with Crippen LogP contribution in [-0.2, 0) is 9.84 Å². The highest BCUT2D eigenvalue weighted by Crippen LogP contribution is 2.27. The maximum atomic E-state index is 13.2. The molecule has 0 saturated carbocycles. The molecular formula is C19H24ClN3O3S2. The van der Waals surface area contributed by atoms with E-state index in [1.54, 1.807) is 16.3 Å². The monoisotopic (exact) mass is 441 g/mol. The highest BCUT2D eigenvalue weighted by atomic mass is 35.5. The third-order valence-corrected chi connectivity index (χ3v) is 7.59. The summed E-state index contributed by atoms with van der Waals surface area (Å²) >= 11 is 7.44. The van der Waals surface area contributed by atoms with Crippen molar-refractivity contribution in [1.82, 2.24) is 14.8 Å². The van der Waals surface area contributed by atoms with Crippen molar-refractivity contribution in [1.29, 1.82) is 0 Å². The van der Waals surface area contributed by atoms with Gasteiger partial charge < -0.3 is 9.80 Å². The minimum atomic E-state index is -3.08. The summed E-state index contributed by atoms with van der Waals surface area (Å²) in [6.07, 6.45) is 1.27. The second-order valence-electron chi connectivity index (χ2n) is 7.26. The Morgan fingerprint density at radius 2 is 2.11 bits per heavy atom. The van der Waals surface area contributed by atoms with E-state index in [-0.39, 0.29) is 23.5 Å². The predicted octanol–water partition coefficient (Wildman–Crippen LogP) is 3.04. The minimum absolute atomic E-state index is 0.0337. The molecule has 1 unspecified atom stereocenters. The lowest BCUT2D eigenvalue weighted by Gasteiger charge is -2.28. The van der Waals surface area contributed by atoms with Crippen molar-refractivity contribution in [3.63, 3.8) is 0 Å². The van der Waals surface area contributed by atoms with E-state index >= 15 is 0 Å². The van der Waals surface area contributed by atoms with Crippen LogP contribution in [0.4, 0.5) is 0 Å². The van der Waals surface area contributed by atoms with Crippen molar-refractivity contribution in [2.45, 2.75) is 18.9 Å². The van der Waals surface area contributed by atoms with Crippen LogP contribution in [0.3, 0.4) is 0 Å². The summed E-state index contributed by atoms with van der Waals surface area (Å²) in [4.78, 5) is 21.4. The lowest BCUT2D eigenvalue weighted by molar-refractivity contribution is 0.0685. The minimum Gasteiger partial charge on any atom is -0.333 e. The molecule has 3 rings (SSSR count). The molecule has 0 spiro atoms. The van der Waals surface area contributed by atoms with Gasteiger partial charge in [0.25, 0.3) is 5.91 Å². The summed E-state index contributed by atoms with van der Waals surface area (Å²) in [5.74, 6) is -0.0308. The van der Waals surface area contributed by atoms with Crippen LogP contribution in [0, 0.1) is 0 Å². The predicted molar refractivity (Wildman–Crippen MR) is 114 cm³/mol. The Morgan fingerprint density at radius 1 is 1.32 bits per heavy atom. The largest absolute Gasteiger partial charge is 0.333 e. The van der Waals surface area contributed by atoms with Crippen LogP contribution in [0.5, 0.6) is 0 Å². The van der Waals surface area contributed by atoms with Gasteiger partial charge in [-0.05, 0) is 45.6 Å². The average Bonchev–Trinajstić information content (AvgIpc) is 3.25. The maximum Gasteiger partial charge on any atom is 0.273 e. The van der Waals surface area contributed by atoms with Gasteiger partial charge in [0, 0.05) is 28.6 Å². The fraction of sp³-hybridized carbons (Fsp3) is 0.474. The molecule has 0 bridgehead atoms. The molecule has 2 heterocycles. The molecule has 0 N–H and O–H groups in total. The van der Waals surface area contributed by atoms with Crippen LogP contribution in [-0.4, -0.2) is 73.8 Å². The summed E-state index contributed by atoms with van der Waals surface area (Å²) in [6.45, 7) is 1.34. The topological polar surface area (TPSA) is 70.6 Å². The van der Waals surface area contributed by atoms with Crippen molar-refractivity contribution < 1.29 is 13.2 Å². The van der Waals surface area contributed by atoms with E-state index in [1.807, 2.05) is 37.2 Å². The number of hydrogen-bond acceptors (Lipinski definition) is 6. The fourth-order valence-corrected chi connectivity index (χ4v) is 6.01. The van der Waals surface area contributed by atoms with Crippen LogP contribution in [0.25, 0.3) is 10.6 Å². The molecule has 1 amide bonds. The van der Waals surface area contributed by atoms with Crippen molar-refractivity contribution in [3.8, 4) is 10.6 Å². The number of rotatable bonds is 7. The molecule has 1 aliphatic rings. The maximum absolute atomic E-state index is 13.2. The second kappa shape index (κ2) is 8.90. The summed E-state index contributed by atoms with van der Waals surface area (Å²) in [5.41, 5.74) is 1.22. The van der Waals surface area contributed by atoms with E-state index in [0.29, 0.717) is 23.7 Å². The van der Waals surface area contributed by atoms with Gasteiger partial charge in [0.2, 0.25) is 0 Å². The molecule has 1 saturated heterocycles. The molecule has 0 aliphatic carbocycles. The summed E-state index contributed by atoms with van der Waals surface area (Å²) in [6, 6.07) is 7.07. The lowest BCUT2D eigenvalue weighted by Crippen LogP contribution is -2.42. The van der Waals surface area contributed by atoms with Gasteiger partial charge in [0.05, 0.1) is 11.5 Å². The molecule has 1 aromatic carbocycles. The van der Waals surface area contributed by atoms with Crippen LogP contribution in [0.2, 0.25) is 5.02 Å². The Balaban J connectivity index is 1.80. The third kappa shape index (κ3) is 5.31. The van der Waals surface area contributed by atoms with Crippen LogP contribution >= 0.6 is 22.9 Å². The van der Waals surface area contributed by atoms with Crippen LogP contribution in [0.15, 0.2) is 29.6 Å². The first-order chi connectivity index (χ1) is 13.2. The number of amides is 1. The van der Waals surface area contributed by atoms with Gasteiger partial charge in [-0.2, -0.15) is 0 Å². The number of carbonyl (C=O) groups is 1. The van der Waals surface area contributed by atoms with Gasteiger partial charge in [-0.25, -0.2) is 13.4 Å². The zero-order valence-corrected chi connectivity index (χ0v) is 18.4. The number of sulfone groups is 1. The Bertz CT molecular complexity index is 943. The van der Waals surface area contributed by atoms with Gasteiger partial charge >= 0.3 is 0 Å². The van der Waals surface area contributed by atoms with Gasteiger partial charge in [0.15, 0.2) is 9.84 Å². The van der Waals surface area contributed by atoms with Crippen molar-refractivity contribution in [2.75, 3.05) is 38.7 Å². The number of benzene rings is 1. The smallest absolute Gasteiger partial charge is 0.273 e. The van der Waals surface area contributed by atoms with E-state index in [1.165, 1.54) is 11.3 Å². The number of thiazole rings is 1. The number of halogens is 1.